The highest BCUT2D eigenvalue weighted by Gasteiger charge is 2.24. The lowest BCUT2D eigenvalue weighted by Crippen LogP contribution is -2.34. The molecule has 4 heteroatoms. The lowest BCUT2D eigenvalue weighted by atomic mass is 10.0. The molecule has 0 spiro atoms. The number of nitrogens with two attached hydrogens (primary N) is 1. The van der Waals surface area contributed by atoms with E-state index in [0.717, 1.165) is 25.0 Å². The van der Waals surface area contributed by atoms with E-state index in [1.54, 1.807) is 0 Å². The predicted octanol–water partition coefficient (Wildman–Crippen LogP) is 2.54. The molecule has 0 amide bonds. The average Bonchev–Trinajstić information content (AvgIpc) is 2.45. The maximum Gasteiger partial charge on any atom is 0.119 e. The van der Waals surface area contributed by atoms with Crippen molar-refractivity contribution in [2.45, 2.75) is 51.4 Å². The van der Waals surface area contributed by atoms with Gasteiger partial charge in [-0.15, -0.1) is 0 Å². The zero-order chi connectivity index (χ0) is 15.1. The summed E-state index contributed by atoms with van der Waals surface area (Å²) >= 11 is 0. The zero-order valence-corrected chi connectivity index (χ0v) is 13.1. The highest BCUT2D eigenvalue weighted by molar-refractivity contribution is 5.27. The summed E-state index contributed by atoms with van der Waals surface area (Å²) < 4.78 is 17.3. The molecular formula is C17H27NO3. The monoisotopic (exact) mass is 293 g/mol. The predicted molar refractivity (Wildman–Crippen MR) is 83.7 cm³/mol. The smallest absolute Gasteiger partial charge is 0.119 e. The Labute approximate surface area is 127 Å². The molecule has 0 aliphatic carbocycles. The molecule has 21 heavy (non-hydrogen) atoms. The van der Waals surface area contributed by atoms with E-state index in [2.05, 4.69) is 26.0 Å². The topological polar surface area (TPSA) is 53.7 Å². The van der Waals surface area contributed by atoms with E-state index in [1.807, 2.05) is 12.1 Å². The van der Waals surface area contributed by atoms with E-state index >= 15 is 0 Å². The summed E-state index contributed by atoms with van der Waals surface area (Å²) in [7, 11) is 0. The molecule has 0 radical (unpaired) electrons. The standard InChI is InChI=1S/C17H27NO3/c1-13-11-17(12-14(2)21-13)20-10-9-19-16-5-3-15(4-6-16)7-8-18/h3-6,13-14,17H,7-12,18H2,1-2H3. The van der Waals surface area contributed by atoms with Crippen molar-refractivity contribution >= 4 is 0 Å². The SMILES string of the molecule is CC1CC(OCCOc2ccc(CCN)cc2)CC(C)O1. The maximum absolute atomic E-state index is 5.89. The van der Waals surface area contributed by atoms with Crippen molar-refractivity contribution in [2.75, 3.05) is 19.8 Å². The van der Waals surface area contributed by atoms with Gasteiger partial charge in [-0.3, -0.25) is 0 Å². The van der Waals surface area contributed by atoms with Gasteiger partial charge in [-0.2, -0.15) is 0 Å². The van der Waals surface area contributed by atoms with Crippen LogP contribution in [0.3, 0.4) is 0 Å². The normalized spacial score (nSPS) is 25.8. The Balaban J connectivity index is 1.65. The first-order chi connectivity index (χ1) is 10.2. The third-order valence-electron chi connectivity index (χ3n) is 3.72. The highest BCUT2D eigenvalue weighted by atomic mass is 16.5. The fourth-order valence-electron chi connectivity index (χ4n) is 2.77. The first-order valence-electron chi connectivity index (χ1n) is 7.86. The minimum absolute atomic E-state index is 0.287. The lowest BCUT2D eigenvalue weighted by molar-refractivity contribution is -0.104. The molecule has 1 aromatic rings. The van der Waals surface area contributed by atoms with Crippen LogP contribution in [0.25, 0.3) is 0 Å². The van der Waals surface area contributed by atoms with Gasteiger partial charge in [0, 0.05) is 0 Å². The Morgan fingerprint density at radius 3 is 2.38 bits per heavy atom. The van der Waals surface area contributed by atoms with Gasteiger partial charge in [0.1, 0.15) is 12.4 Å². The molecule has 4 nitrogen and oxygen atoms in total. The minimum Gasteiger partial charge on any atom is -0.491 e. The molecule has 118 valence electrons. The van der Waals surface area contributed by atoms with Gasteiger partial charge in [0.25, 0.3) is 0 Å². The molecule has 2 N–H and O–H groups in total. The number of ether oxygens (including phenoxy) is 3. The largest absolute Gasteiger partial charge is 0.491 e. The Hall–Kier alpha value is -1.10. The van der Waals surface area contributed by atoms with Crippen molar-refractivity contribution in [3.63, 3.8) is 0 Å². The van der Waals surface area contributed by atoms with Gasteiger partial charge in [0.05, 0.1) is 24.9 Å². The Kier molecular flexibility index (Phi) is 6.49. The fourth-order valence-corrected chi connectivity index (χ4v) is 2.77. The first kappa shape index (κ1) is 16.3. The summed E-state index contributed by atoms with van der Waals surface area (Å²) in [5, 5.41) is 0. The molecule has 1 aliphatic heterocycles. The summed E-state index contributed by atoms with van der Waals surface area (Å²) in [6.07, 6.45) is 3.71. The summed E-state index contributed by atoms with van der Waals surface area (Å²) in [5.74, 6) is 0.882. The van der Waals surface area contributed by atoms with Crippen LogP contribution in [-0.2, 0) is 15.9 Å². The van der Waals surface area contributed by atoms with Crippen molar-refractivity contribution in [3.8, 4) is 5.75 Å². The number of hydrogen-bond donors (Lipinski definition) is 1. The molecule has 2 rings (SSSR count). The van der Waals surface area contributed by atoms with Gasteiger partial charge in [-0.05, 0) is 57.4 Å². The van der Waals surface area contributed by atoms with Gasteiger partial charge in [-0.1, -0.05) is 12.1 Å². The van der Waals surface area contributed by atoms with Crippen LogP contribution >= 0.6 is 0 Å². The van der Waals surface area contributed by atoms with Crippen LogP contribution in [0.2, 0.25) is 0 Å². The van der Waals surface area contributed by atoms with Gasteiger partial charge >= 0.3 is 0 Å². The van der Waals surface area contributed by atoms with E-state index in [4.69, 9.17) is 19.9 Å². The van der Waals surface area contributed by atoms with Crippen molar-refractivity contribution < 1.29 is 14.2 Å². The van der Waals surface area contributed by atoms with Crippen LogP contribution in [0.1, 0.15) is 32.3 Å². The molecule has 0 bridgehead atoms. The van der Waals surface area contributed by atoms with E-state index in [1.165, 1.54) is 5.56 Å². The van der Waals surface area contributed by atoms with Gasteiger partial charge in [-0.25, -0.2) is 0 Å². The van der Waals surface area contributed by atoms with Crippen LogP contribution in [0.4, 0.5) is 0 Å². The van der Waals surface area contributed by atoms with Crippen molar-refractivity contribution in [3.05, 3.63) is 29.8 Å². The second kappa shape index (κ2) is 8.37. The van der Waals surface area contributed by atoms with Gasteiger partial charge in [0.2, 0.25) is 0 Å². The van der Waals surface area contributed by atoms with Gasteiger partial charge in [0.15, 0.2) is 0 Å². The lowest BCUT2D eigenvalue weighted by Gasteiger charge is -2.31. The van der Waals surface area contributed by atoms with Crippen LogP contribution < -0.4 is 10.5 Å². The van der Waals surface area contributed by atoms with Gasteiger partial charge < -0.3 is 19.9 Å². The Bertz CT molecular complexity index is 397. The third kappa shape index (κ3) is 5.65. The molecule has 1 aliphatic rings. The van der Waals surface area contributed by atoms with Crippen LogP contribution in [0.15, 0.2) is 24.3 Å². The van der Waals surface area contributed by atoms with Crippen molar-refractivity contribution in [1.29, 1.82) is 0 Å². The van der Waals surface area contributed by atoms with Crippen molar-refractivity contribution in [2.24, 2.45) is 5.73 Å². The quantitative estimate of drug-likeness (QED) is 0.785. The van der Waals surface area contributed by atoms with Crippen LogP contribution in [0.5, 0.6) is 5.75 Å². The summed E-state index contributed by atoms with van der Waals surface area (Å²) in [6, 6.07) is 8.10. The molecule has 0 aromatic heterocycles. The molecule has 2 unspecified atom stereocenters. The third-order valence-corrected chi connectivity index (χ3v) is 3.72. The minimum atomic E-state index is 0.287. The molecule has 1 saturated heterocycles. The number of benzene rings is 1. The Morgan fingerprint density at radius 1 is 1.10 bits per heavy atom. The van der Waals surface area contributed by atoms with E-state index < -0.39 is 0 Å². The molecule has 1 aromatic carbocycles. The molecule has 0 saturated carbocycles. The second-order valence-corrected chi connectivity index (χ2v) is 5.75. The number of rotatable bonds is 7. The Morgan fingerprint density at radius 2 is 1.76 bits per heavy atom. The van der Waals surface area contributed by atoms with Crippen LogP contribution in [0, 0.1) is 0 Å². The molecule has 1 fully saturated rings. The molecular weight excluding hydrogens is 266 g/mol. The summed E-state index contributed by atoms with van der Waals surface area (Å²) in [5.41, 5.74) is 6.77. The molecule has 1 heterocycles. The van der Waals surface area contributed by atoms with E-state index in [0.29, 0.717) is 25.9 Å². The molecule has 2 atom stereocenters. The summed E-state index contributed by atoms with van der Waals surface area (Å²) in [6.45, 7) is 6.08. The van der Waals surface area contributed by atoms with E-state index in [-0.39, 0.29) is 12.2 Å². The van der Waals surface area contributed by atoms with Crippen molar-refractivity contribution in [1.82, 2.24) is 0 Å². The number of hydrogen-bond acceptors (Lipinski definition) is 4. The highest BCUT2D eigenvalue weighted by Crippen LogP contribution is 2.21. The zero-order valence-electron chi connectivity index (χ0n) is 13.1. The summed E-state index contributed by atoms with van der Waals surface area (Å²) in [4.78, 5) is 0. The first-order valence-corrected chi connectivity index (χ1v) is 7.86. The maximum atomic E-state index is 5.89. The average molecular weight is 293 g/mol. The fraction of sp³-hybridized carbons (Fsp3) is 0.647. The van der Waals surface area contributed by atoms with Crippen LogP contribution in [-0.4, -0.2) is 38.1 Å². The second-order valence-electron chi connectivity index (χ2n) is 5.75. The van der Waals surface area contributed by atoms with E-state index in [9.17, 15) is 0 Å².